The average Bonchev–Trinajstić information content (AvgIpc) is 3.01. The fourth-order valence-electron chi connectivity index (χ4n) is 2.36. The van der Waals surface area contributed by atoms with Gasteiger partial charge in [-0.05, 0) is 11.6 Å². The first-order chi connectivity index (χ1) is 11.6. The monoisotopic (exact) mass is 360 g/mol. The minimum absolute atomic E-state index is 0.164. The molecule has 0 spiro atoms. The molecule has 1 aromatic carbocycles. The highest BCUT2D eigenvalue weighted by molar-refractivity contribution is 6.41. The molecule has 1 unspecified atom stereocenters. The van der Waals surface area contributed by atoms with Crippen molar-refractivity contribution in [2.24, 2.45) is 7.05 Å². The molecule has 2 heterocycles. The average molecular weight is 361 g/mol. The molecule has 0 aliphatic heterocycles. The van der Waals surface area contributed by atoms with Gasteiger partial charge in [-0.1, -0.05) is 53.5 Å². The third-order valence-corrected chi connectivity index (χ3v) is 4.27. The van der Waals surface area contributed by atoms with Crippen molar-refractivity contribution in [3.8, 4) is 0 Å². The maximum atomic E-state index is 12.6. The molecule has 0 saturated heterocycles. The van der Waals surface area contributed by atoms with Gasteiger partial charge < -0.3 is 9.88 Å². The summed E-state index contributed by atoms with van der Waals surface area (Å²) in [5, 5.41) is 3.37. The number of hydrogen-bond acceptors (Lipinski definition) is 3. The molecule has 1 atom stereocenters. The predicted molar refractivity (Wildman–Crippen MR) is 93.2 cm³/mol. The first-order valence-corrected chi connectivity index (χ1v) is 7.96. The molecule has 1 amide bonds. The van der Waals surface area contributed by atoms with Crippen molar-refractivity contribution in [2.75, 3.05) is 0 Å². The Morgan fingerprint density at radius 3 is 2.58 bits per heavy atom. The number of aromatic nitrogens is 3. The Morgan fingerprint density at radius 1 is 1.21 bits per heavy atom. The number of carbonyl (C=O) groups is 1. The zero-order chi connectivity index (χ0) is 17.1. The number of carbonyl (C=O) groups excluding carboxylic acids is 1. The predicted octanol–water partition coefficient (Wildman–Crippen LogP) is 3.64. The maximum Gasteiger partial charge on any atom is 0.253 e. The lowest BCUT2D eigenvalue weighted by molar-refractivity contribution is 0.0941. The van der Waals surface area contributed by atoms with E-state index in [0.717, 1.165) is 11.4 Å². The first-order valence-electron chi connectivity index (χ1n) is 7.20. The molecule has 7 heteroatoms. The Balaban J connectivity index is 1.93. The van der Waals surface area contributed by atoms with Crippen molar-refractivity contribution < 1.29 is 4.79 Å². The Bertz CT molecular complexity index is 864. The van der Waals surface area contributed by atoms with Gasteiger partial charge >= 0.3 is 0 Å². The summed E-state index contributed by atoms with van der Waals surface area (Å²) in [5.41, 5.74) is 1.26. The molecule has 0 aliphatic rings. The third-order valence-electron chi connectivity index (χ3n) is 3.58. The van der Waals surface area contributed by atoms with Crippen LogP contribution in [0.2, 0.25) is 10.2 Å². The van der Waals surface area contributed by atoms with Crippen LogP contribution in [0.1, 0.15) is 27.8 Å². The van der Waals surface area contributed by atoms with Crippen LogP contribution >= 0.6 is 23.2 Å². The maximum absolute atomic E-state index is 12.6. The summed E-state index contributed by atoms with van der Waals surface area (Å²) in [6, 6.07) is 10.7. The summed E-state index contributed by atoms with van der Waals surface area (Å²) in [7, 11) is 1.88. The number of halogens is 2. The Morgan fingerprint density at radius 2 is 1.96 bits per heavy atom. The van der Waals surface area contributed by atoms with E-state index in [-0.39, 0.29) is 16.1 Å². The number of nitrogens with zero attached hydrogens (tertiary/aromatic N) is 3. The lowest BCUT2D eigenvalue weighted by atomic mass is 10.1. The van der Waals surface area contributed by atoms with Crippen LogP contribution < -0.4 is 5.32 Å². The minimum atomic E-state index is -0.395. The van der Waals surface area contributed by atoms with Crippen molar-refractivity contribution in [3.63, 3.8) is 0 Å². The smallest absolute Gasteiger partial charge is 0.253 e. The van der Waals surface area contributed by atoms with Crippen LogP contribution in [0.5, 0.6) is 0 Å². The van der Waals surface area contributed by atoms with Crippen LogP contribution in [0.25, 0.3) is 0 Å². The highest BCUT2D eigenvalue weighted by Crippen LogP contribution is 2.23. The zero-order valence-electron chi connectivity index (χ0n) is 12.8. The number of amides is 1. The normalized spacial score (nSPS) is 12.0. The summed E-state index contributed by atoms with van der Waals surface area (Å²) < 4.78 is 1.87. The number of pyridine rings is 1. The second-order valence-electron chi connectivity index (χ2n) is 5.21. The number of imidazole rings is 1. The summed E-state index contributed by atoms with van der Waals surface area (Å²) in [5.74, 6) is 0.417. The lowest BCUT2D eigenvalue weighted by Crippen LogP contribution is -2.31. The van der Waals surface area contributed by atoms with Crippen LogP contribution in [-0.4, -0.2) is 20.4 Å². The Hall–Kier alpha value is -2.37. The second kappa shape index (κ2) is 7.03. The number of rotatable bonds is 4. The number of benzene rings is 1. The summed E-state index contributed by atoms with van der Waals surface area (Å²) in [4.78, 5) is 20.9. The third kappa shape index (κ3) is 3.42. The van der Waals surface area contributed by atoms with Gasteiger partial charge in [-0.2, -0.15) is 0 Å². The van der Waals surface area contributed by atoms with E-state index in [1.807, 2.05) is 48.1 Å². The number of nitrogens with one attached hydrogen (secondary N) is 1. The Kier molecular flexibility index (Phi) is 4.83. The minimum Gasteiger partial charge on any atom is -0.338 e. The topological polar surface area (TPSA) is 59.8 Å². The van der Waals surface area contributed by atoms with Crippen molar-refractivity contribution in [1.29, 1.82) is 0 Å². The summed E-state index contributed by atoms with van der Waals surface area (Å²) >= 11 is 11.7. The summed E-state index contributed by atoms with van der Waals surface area (Å²) in [6.07, 6.45) is 4.92. The van der Waals surface area contributed by atoms with Crippen LogP contribution in [-0.2, 0) is 7.05 Å². The van der Waals surface area contributed by atoms with Gasteiger partial charge in [0.25, 0.3) is 5.91 Å². The van der Waals surface area contributed by atoms with E-state index in [9.17, 15) is 4.79 Å². The van der Waals surface area contributed by atoms with Gasteiger partial charge in [-0.15, -0.1) is 0 Å². The molecule has 3 rings (SSSR count). The van der Waals surface area contributed by atoms with Gasteiger partial charge in [0.2, 0.25) is 0 Å². The highest BCUT2D eigenvalue weighted by atomic mass is 35.5. The van der Waals surface area contributed by atoms with E-state index in [0.29, 0.717) is 5.56 Å². The van der Waals surface area contributed by atoms with E-state index in [2.05, 4.69) is 15.3 Å². The van der Waals surface area contributed by atoms with Gasteiger partial charge in [0, 0.05) is 25.6 Å². The standard InChI is InChI=1S/C17H14Cl2N4O/c1-23-8-7-20-16(23)14(11-5-3-2-4-6-11)22-17(24)12-9-13(18)15(19)21-10-12/h2-10,14H,1H3,(H,22,24). The van der Waals surface area contributed by atoms with E-state index < -0.39 is 6.04 Å². The van der Waals surface area contributed by atoms with Gasteiger partial charge in [0.1, 0.15) is 17.0 Å². The summed E-state index contributed by atoms with van der Waals surface area (Å²) in [6.45, 7) is 0. The van der Waals surface area contributed by atoms with Gasteiger partial charge in [0.15, 0.2) is 0 Å². The molecule has 0 radical (unpaired) electrons. The second-order valence-corrected chi connectivity index (χ2v) is 5.98. The quantitative estimate of drug-likeness (QED) is 0.722. The van der Waals surface area contributed by atoms with Crippen LogP contribution in [0.4, 0.5) is 0 Å². The molecule has 3 aromatic rings. The van der Waals surface area contributed by atoms with Gasteiger partial charge in [-0.3, -0.25) is 4.79 Å². The SMILES string of the molecule is Cn1ccnc1C(NC(=O)c1cnc(Cl)c(Cl)c1)c1ccccc1. The molecule has 0 fully saturated rings. The van der Waals surface area contributed by atoms with E-state index in [1.54, 1.807) is 6.20 Å². The molecule has 1 N–H and O–H groups in total. The van der Waals surface area contributed by atoms with Gasteiger partial charge in [-0.25, -0.2) is 9.97 Å². The van der Waals surface area contributed by atoms with Crippen LogP contribution in [0.15, 0.2) is 55.0 Å². The van der Waals surface area contributed by atoms with E-state index in [1.165, 1.54) is 12.3 Å². The molecule has 5 nitrogen and oxygen atoms in total. The van der Waals surface area contributed by atoms with E-state index in [4.69, 9.17) is 23.2 Å². The molecule has 0 saturated carbocycles. The zero-order valence-corrected chi connectivity index (χ0v) is 14.3. The molecule has 0 bridgehead atoms. The van der Waals surface area contributed by atoms with Crippen LogP contribution in [0, 0.1) is 0 Å². The number of aryl methyl sites for hydroxylation is 1. The molecular formula is C17H14Cl2N4O. The fourth-order valence-corrected chi connectivity index (χ4v) is 2.63. The highest BCUT2D eigenvalue weighted by Gasteiger charge is 2.21. The fraction of sp³-hybridized carbons (Fsp3) is 0.118. The van der Waals surface area contributed by atoms with Gasteiger partial charge in [0.05, 0.1) is 10.6 Å². The Labute approximate surface area is 149 Å². The lowest BCUT2D eigenvalue weighted by Gasteiger charge is -2.19. The van der Waals surface area contributed by atoms with E-state index >= 15 is 0 Å². The first kappa shape index (κ1) is 16.5. The molecule has 122 valence electrons. The van der Waals surface area contributed by atoms with Crippen molar-refractivity contribution in [2.45, 2.75) is 6.04 Å². The van der Waals surface area contributed by atoms with Crippen molar-refractivity contribution in [1.82, 2.24) is 19.9 Å². The van der Waals surface area contributed by atoms with Crippen molar-refractivity contribution >= 4 is 29.1 Å². The molecule has 0 aliphatic carbocycles. The van der Waals surface area contributed by atoms with Crippen molar-refractivity contribution in [3.05, 3.63) is 82.1 Å². The molecule has 24 heavy (non-hydrogen) atoms. The molecular weight excluding hydrogens is 347 g/mol. The largest absolute Gasteiger partial charge is 0.338 e. The van der Waals surface area contributed by atoms with Crippen LogP contribution in [0.3, 0.4) is 0 Å². The molecule has 2 aromatic heterocycles. The number of hydrogen-bond donors (Lipinski definition) is 1.